The van der Waals surface area contributed by atoms with Gasteiger partial charge in [-0.05, 0) is 37.3 Å². The molecule has 29 heavy (non-hydrogen) atoms. The van der Waals surface area contributed by atoms with Gasteiger partial charge in [0.2, 0.25) is 5.91 Å². The average Bonchev–Trinajstić information content (AvgIpc) is 3.13. The molecular formula is C21H18FN5O2. The number of carbonyl (C=O) groups is 1. The van der Waals surface area contributed by atoms with E-state index in [-0.39, 0.29) is 24.4 Å². The fourth-order valence-electron chi connectivity index (χ4n) is 2.99. The largest absolute Gasteiger partial charge is 0.326 e. The van der Waals surface area contributed by atoms with Gasteiger partial charge in [-0.1, -0.05) is 23.8 Å². The minimum absolute atomic E-state index is 0.0513. The number of nitrogens with zero attached hydrogens (tertiary/aromatic N) is 4. The quantitative estimate of drug-likeness (QED) is 0.567. The summed E-state index contributed by atoms with van der Waals surface area (Å²) in [4.78, 5) is 29.2. The number of anilines is 1. The normalized spacial score (nSPS) is 11.0. The lowest BCUT2D eigenvalue weighted by Gasteiger charge is -2.08. The lowest BCUT2D eigenvalue weighted by atomic mass is 10.2. The Bertz CT molecular complexity index is 1240. The van der Waals surface area contributed by atoms with Crippen molar-refractivity contribution in [3.05, 3.63) is 82.8 Å². The van der Waals surface area contributed by atoms with Crippen molar-refractivity contribution in [2.75, 3.05) is 5.32 Å². The Balaban J connectivity index is 1.51. The number of rotatable bonds is 5. The van der Waals surface area contributed by atoms with E-state index in [2.05, 4.69) is 15.4 Å². The Kier molecular flexibility index (Phi) is 4.90. The summed E-state index contributed by atoms with van der Waals surface area (Å²) in [6, 6.07) is 13.4. The standard InChI is InChI=1S/C21H18FN5O2/c1-14-5-7-17(8-6-14)27-20-18(12-24-27)21(29)26(13-23-20)10-9-19(28)25-16-4-2-3-15(22)11-16/h2-8,11-13H,9-10H2,1H3,(H,25,28). The third-order valence-corrected chi connectivity index (χ3v) is 4.52. The topological polar surface area (TPSA) is 81.8 Å². The van der Waals surface area contributed by atoms with Crippen LogP contribution in [0.15, 0.2) is 65.8 Å². The monoisotopic (exact) mass is 391 g/mol. The summed E-state index contributed by atoms with van der Waals surface area (Å²) < 4.78 is 16.2. The van der Waals surface area contributed by atoms with Crippen molar-refractivity contribution in [3.8, 4) is 5.69 Å². The number of amides is 1. The Morgan fingerprint density at radius 1 is 1.17 bits per heavy atom. The summed E-state index contributed by atoms with van der Waals surface area (Å²) in [5.74, 6) is -0.753. The predicted molar refractivity (Wildman–Crippen MR) is 108 cm³/mol. The van der Waals surface area contributed by atoms with Gasteiger partial charge in [-0.3, -0.25) is 14.2 Å². The molecule has 0 spiro atoms. The molecule has 0 aliphatic rings. The van der Waals surface area contributed by atoms with E-state index in [1.165, 1.54) is 35.3 Å². The molecule has 0 bridgehead atoms. The molecule has 0 saturated carbocycles. The molecule has 0 atom stereocenters. The van der Waals surface area contributed by atoms with Crippen molar-refractivity contribution < 1.29 is 9.18 Å². The Hall–Kier alpha value is -3.81. The summed E-state index contributed by atoms with van der Waals surface area (Å²) in [6.45, 7) is 2.14. The molecule has 1 N–H and O–H groups in total. The van der Waals surface area contributed by atoms with Crippen molar-refractivity contribution in [2.24, 2.45) is 0 Å². The highest BCUT2D eigenvalue weighted by molar-refractivity contribution is 5.90. The molecule has 1 amide bonds. The van der Waals surface area contributed by atoms with Gasteiger partial charge in [0.05, 0.1) is 18.2 Å². The summed E-state index contributed by atoms with van der Waals surface area (Å²) in [5, 5.41) is 7.26. The van der Waals surface area contributed by atoms with E-state index in [1.54, 1.807) is 10.7 Å². The zero-order chi connectivity index (χ0) is 20.4. The molecule has 0 aliphatic carbocycles. The molecule has 4 rings (SSSR count). The Morgan fingerprint density at radius 2 is 1.97 bits per heavy atom. The number of hydrogen-bond donors (Lipinski definition) is 1. The molecule has 7 nitrogen and oxygen atoms in total. The van der Waals surface area contributed by atoms with E-state index < -0.39 is 5.82 Å². The first-order chi connectivity index (χ1) is 14.0. The Morgan fingerprint density at radius 3 is 2.72 bits per heavy atom. The molecule has 0 saturated heterocycles. The molecular weight excluding hydrogens is 373 g/mol. The van der Waals surface area contributed by atoms with E-state index in [9.17, 15) is 14.0 Å². The van der Waals surface area contributed by atoms with Crippen molar-refractivity contribution in [3.63, 3.8) is 0 Å². The summed E-state index contributed by atoms with van der Waals surface area (Å²) in [5.41, 5.74) is 2.49. The molecule has 146 valence electrons. The summed E-state index contributed by atoms with van der Waals surface area (Å²) >= 11 is 0. The molecule has 0 fully saturated rings. The first-order valence-electron chi connectivity index (χ1n) is 9.07. The second kappa shape index (κ2) is 7.67. The third kappa shape index (κ3) is 3.91. The molecule has 8 heteroatoms. The van der Waals surface area contributed by atoms with Gasteiger partial charge in [0.15, 0.2) is 5.65 Å². The highest BCUT2D eigenvalue weighted by Crippen LogP contribution is 2.14. The second-order valence-electron chi connectivity index (χ2n) is 6.68. The number of carbonyl (C=O) groups excluding carboxylic acids is 1. The van der Waals surface area contributed by atoms with Crippen LogP contribution in [0.1, 0.15) is 12.0 Å². The van der Waals surface area contributed by atoms with Crippen LogP contribution < -0.4 is 10.9 Å². The van der Waals surface area contributed by atoms with E-state index in [0.717, 1.165) is 11.3 Å². The fourth-order valence-corrected chi connectivity index (χ4v) is 2.99. The van der Waals surface area contributed by atoms with Crippen molar-refractivity contribution >= 4 is 22.6 Å². The maximum absolute atomic E-state index is 13.2. The number of hydrogen-bond acceptors (Lipinski definition) is 4. The van der Waals surface area contributed by atoms with Gasteiger partial charge in [-0.25, -0.2) is 14.1 Å². The van der Waals surface area contributed by atoms with Crippen LogP contribution >= 0.6 is 0 Å². The van der Waals surface area contributed by atoms with Crippen molar-refractivity contribution in [1.29, 1.82) is 0 Å². The van der Waals surface area contributed by atoms with Crippen LogP contribution in [0, 0.1) is 12.7 Å². The molecule has 0 radical (unpaired) electrons. The first kappa shape index (κ1) is 18.5. The SMILES string of the molecule is Cc1ccc(-n2ncc3c(=O)n(CCC(=O)Nc4cccc(F)c4)cnc32)cc1. The lowest BCUT2D eigenvalue weighted by Crippen LogP contribution is -2.23. The van der Waals surface area contributed by atoms with Gasteiger partial charge in [0.25, 0.3) is 5.56 Å². The van der Waals surface area contributed by atoms with Crippen LogP contribution in [-0.4, -0.2) is 25.2 Å². The number of halogens is 1. The van der Waals surface area contributed by atoms with Gasteiger partial charge in [-0.2, -0.15) is 5.10 Å². The van der Waals surface area contributed by atoms with Crippen LogP contribution in [0.2, 0.25) is 0 Å². The Labute approximate surface area is 165 Å². The fraction of sp³-hybridized carbons (Fsp3) is 0.143. The van der Waals surface area contributed by atoms with E-state index in [0.29, 0.717) is 16.7 Å². The lowest BCUT2D eigenvalue weighted by molar-refractivity contribution is -0.116. The number of aromatic nitrogens is 4. The van der Waals surface area contributed by atoms with Crippen molar-refractivity contribution in [1.82, 2.24) is 19.3 Å². The highest BCUT2D eigenvalue weighted by Gasteiger charge is 2.12. The second-order valence-corrected chi connectivity index (χ2v) is 6.68. The van der Waals surface area contributed by atoms with Gasteiger partial charge >= 0.3 is 0 Å². The van der Waals surface area contributed by atoms with Crippen LogP contribution in [0.5, 0.6) is 0 Å². The number of benzene rings is 2. The van der Waals surface area contributed by atoms with Crippen molar-refractivity contribution in [2.45, 2.75) is 19.9 Å². The number of nitrogens with one attached hydrogen (secondary N) is 1. The zero-order valence-electron chi connectivity index (χ0n) is 15.7. The van der Waals surface area contributed by atoms with E-state index in [1.807, 2.05) is 31.2 Å². The van der Waals surface area contributed by atoms with Crippen LogP contribution in [0.4, 0.5) is 10.1 Å². The van der Waals surface area contributed by atoms with Gasteiger partial charge in [0.1, 0.15) is 11.2 Å². The molecule has 0 aliphatic heterocycles. The maximum atomic E-state index is 13.2. The predicted octanol–water partition coefficient (Wildman–Crippen LogP) is 3.06. The average molecular weight is 391 g/mol. The van der Waals surface area contributed by atoms with Crippen LogP contribution in [0.3, 0.4) is 0 Å². The van der Waals surface area contributed by atoms with Gasteiger partial charge in [-0.15, -0.1) is 0 Å². The summed E-state index contributed by atoms with van der Waals surface area (Å²) in [6.07, 6.45) is 2.94. The summed E-state index contributed by atoms with van der Waals surface area (Å²) in [7, 11) is 0. The minimum atomic E-state index is -0.431. The van der Waals surface area contributed by atoms with E-state index in [4.69, 9.17) is 0 Å². The molecule has 4 aromatic rings. The van der Waals surface area contributed by atoms with Crippen LogP contribution in [0.25, 0.3) is 16.7 Å². The first-order valence-corrected chi connectivity index (χ1v) is 9.07. The van der Waals surface area contributed by atoms with Crippen LogP contribution in [-0.2, 0) is 11.3 Å². The third-order valence-electron chi connectivity index (χ3n) is 4.52. The number of fused-ring (bicyclic) bond motifs is 1. The molecule has 0 unspecified atom stereocenters. The van der Waals surface area contributed by atoms with Gasteiger partial charge < -0.3 is 5.32 Å². The number of aryl methyl sites for hydroxylation is 2. The smallest absolute Gasteiger partial charge is 0.264 e. The zero-order valence-corrected chi connectivity index (χ0v) is 15.7. The molecule has 2 aromatic carbocycles. The van der Waals surface area contributed by atoms with E-state index >= 15 is 0 Å². The minimum Gasteiger partial charge on any atom is -0.326 e. The maximum Gasteiger partial charge on any atom is 0.264 e. The molecule has 2 aromatic heterocycles. The van der Waals surface area contributed by atoms with Gasteiger partial charge in [0, 0.05) is 18.7 Å². The highest BCUT2D eigenvalue weighted by atomic mass is 19.1. The molecule has 2 heterocycles.